The molecule has 5 rings (SSSR count). The largest absolute Gasteiger partial charge is 0.477 e. The molecule has 2 aromatic carbocycles. The Labute approximate surface area is 209 Å². The van der Waals surface area contributed by atoms with Crippen LogP contribution in [-0.4, -0.2) is 49.9 Å². The normalized spacial score (nSPS) is 19.2. The Morgan fingerprint density at radius 3 is 2.60 bits per heavy atom. The highest BCUT2D eigenvalue weighted by atomic mass is 32.2. The van der Waals surface area contributed by atoms with Gasteiger partial charge < -0.3 is 14.8 Å². The lowest BCUT2D eigenvalue weighted by molar-refractivity contribution is -0.150. The second-order valence-electron chi connectivity index (χ2n) is 8.04. The van der Waals surface area contributed by atoms with Crippen LogP contribution in [0.25, 0.3) is 0 Å². The standard InChI is InChI=1S/C25H21N3O5S2/c29-19(12-15-4-2-1-3-5-15)27-21-23(30)28-22(25(31)32)18(14-34-24(21)28)35-17-8-6-16(7-9-17)13-20-26-10-11-33-20/h1-11,21,24H,12-14H2,(H,27,29)(H,31,32)/t21-,24+/m1/s1. The smallest absolute Gasteiger partial charge is 0.353 e. The molecule has 0 spiro atoms. The summed E-state index contributed by atoms with van der Waals surface area (Å²) in [7, 11) is 0. The average Bonchev–Trinajstić information content (AvgIpc) is 3.37. The molecule has 3 aromatic rings. The van der Waals surface area contributed by atoms with Crippen LogP contribution in [-0.2, 0) is 27.2 Å². The van der Waals surface area contributed by atoms with Gasteiger partial charge in [0.25, 0.3) is 5.91 Å². The molecule has 0 bridgehead atoms. The third-order valence-electron chi connectivity index (χ3n) is 5.66. The first kappa shape index (κ1) is 23.3. The molecule has 10 heteroatoms. The van der Waals surface area contributed by atoms with E-state index in [0.29, 0.717) is 23.0 Å². The molecule has 2 aliphatic rings. The van der Waals surface area contributed by atoms with Crippen molar-refractivity contribution in [3.05, 3.63) is 94.7 Å². The van der Waals surface area contributed by atoms with Crippen molar-refractivity contribution < 1.29 is 23.9 Å². The Morgan fingerprint density at radius 1 is 1.14 bits per heavy atom. The van der Waals surface area contributed by atoms with Crippen molar-refractivity contribution in [1.29, 1.82) is 0 Å². The SMILES string of the molecule is O=C(Cc1ccccc1)N[C@@H]1C(=O)N2C(C(=O)O)=C(Sc3ccc(Cc4ncco4)cc3)CS[C@@H]12. The maximum absolute atomic E-state index is 12.9. The Hall–Kier alpha value is -3.50. The Kier molecular flexibility index (Phi) is 6.65. The number of oxazole rings is 1. The van der Waals surface area contributed by atoms with Gasteiger partial charge in [-0.05, 0) is 23.3 Å². The summed E-state index contributed by atoms with van der Waals surface area (Å²) in [5, 5.41) is 12.2. The first-order valence-electron chi connectivity index (χ1n) is 10.9. The van der Waals surface area contributed by atoms with Crippen LogP contribution >= 0.6 is 23.5 Å². The number of aromatic nitrogens is 1. The molecule has 2 N–H and O–H groups in total. The second-order valence-corrected chi connectivity index (χ2v) is 10.3. The highest BCUT2D eigenvalue weighted by Gasteiger charge is 2.54. The number of carbonyl (C=O) groups excluding carboxylic acids is 2. The van der Waals surface area contributed by atoms with Gasteiger partial charge in [-0.25, -0.2) is 9.78 Å². The van der Waals surface area contributed by atoms with Crippen molar-refractivity contribution in [2.45, 2.75) is 29.2 Å². The molecular weight excluding hydrogens is 486 g/mol. The highest BCUT2D eigenvalue weighted by molar-refractivity contribution is 8.06. The summed E-state index contributed by atoms with van der Waals surface area (Å²) < 4.78 is 5.27. The molecule has 35 heavy (non-hydrogen) atoms. The zero-order chi connectivity index (χ0) is 24.4. The maximum atomic E-state index is 12.9. The second kappa shape index (κ2) is 10.0. The first-order chi connectivity index (χ1) is 17.0. The summed E-state index contributed by atoms with van der Waals surface area (Å²) in [6.45, 7) is 0. The van der Waals surface area contributed by atoms with Gasteiger partial charge in [-0.3, -0.25) is 14.5 Å². The van der Waals surface area contributed by atoms with E-state index in [1.807, 2.05) is 54.6 Å². The molecule has 2 atom stereocenters. The Balaban J connectivity index is 1.26. The topological polar surface area (TPSA) is 113 Å². The molecule has 2 amide bonds. The van der Waals surface area contributed by atoms with Crippen LogP contribution in [0.1, 0.15) is 17.0 Å². The lowest BCUT2D eigenvalue weighted by Crippen LogP contribution is -2.70. The number of carbonyl (C=O) groups is 3. The summed E-state index contributed by atoms with van der Waals surface area (Å²) in [6, 6.07) is 16.2. The van der Waals surface area contributed by atoms with Crippen molar-refractivity contribution in [3.8, 4) is 0 Å². The number of nitrogens with zero attached hydrogens (tertiary/aromatic N) is 2. The molecule has 3 heterocycles. The molecule has 2 aliphatic heterocycles. The van der Waals surface area contributed by atoms with Crippen LogP contribution in [0.2, 0.25) is 0 Å². The van der Waals surface area contributed by atoms with Crippen molar-refractivity contribution >= 4 is 41.3 Å². The van der Waals surface area contributed by atoms with Crippen molar-refractivity contribution in [2.24, 2.45) is 0 Å². The molecule has 0 radical (unpaired) electrons. The molecule has 1 aromatic heterocycles. The van der Waals surface area contributed by atoms with Crippen molar-refractivity contribution in [2.75, 3.05) is 5.75 Å². The van der Waals surface area contributed by atoms with Gasteiger partial charge in [-0.1, -0.05) is 54.2 Å². The van der Waals surface area contributed by atoms with Gasteiger partial charge in [0, 0.05) is 22.0 Å². The Morgan fingerprint density at radius 2 is 1.91 bits per heavy atom. The zero-order valence-corrected chi connectivity index (χ0v) is 20.1. The number of amides is 2. The van der Waals surface area contributed by atoms with E-state index in [9.17, 15) is 19.5 Å². The molecule has 1 saturated heterocycles. The minimum absolute atomic E-state index is 0.0128. The van der Waals surface area contributed by atoms with Crippen molar-refractivity contribution in [1.82, 2.24) is 15.2 Å². The number of benzene rings is 2. The third kappa shape index (κ3) is 4.98. The van der Waals surface area contributed by atoms with Crippen LogP contribution in [0.4, 0.5) is 0 Å². The number of carboxylic acid groups (broad SMARTS) is 1. The molecule has 0 saturated carbocycles. The van der Waals surface area contributed by atoms with E-state index >= 15 is 0 Å². The van der Waals surface area contributed by atoms with E-state index in [1.165, 1.54) is 34.7 Å². The van der Waals surface area contributed by atoms with Gasteiger partial charge in [0.2, 0.25) is 5.91 Å². The van der Waals surface area contributed by atoms with Gasteiger partial charge in [0.15, 0.2) is 5.89 Å². The lowest BCUT2D eigenvalue weighted by atomic mass is 10.0. The first-order valence-corrected chi connectivity index (χ1v) is 12.8. The predicted octanol–water partition coefficient (Wildman–Crippen LogP) is 3.30. The average molecular weight is 508 g/mol. The van der Waals surface area contributed by atoms with Crippen LogP contribution in [0.3, 0.4) is 0 Å². The number of β-lactam (4-membered cyclic amide) rings is 1. The van der Waals surface area contributed by atoms with E-state index in [1.54, 1.807) is 6.20 Å². The van der Waals surface area contributed by atoms with E-state index in [0.717, 1.165) is 16.0 Å². The summed E-state index contributed by atoms with van der Waals surface area (Å²) in [4.78, 5) is 44.3. The van der Waals surface area contributed by atoms with Gasteiger partial charge in [-0.15, -0.1) is 11.8 Å². The van der Waals surface area contributed by atoms with E-state index in [2.05, 4.69) is 10.3 Å². The van der Waals surface area contributed by atoms with Gasteiger partial charge >= 0.3 is 5.97 Å². The number of hydrogen-bond acceptors (Lipinski definition) is 7. The summed E-state index contributed by atoms with van der Waals surface area (Å²) in [5.74, 6) is -0.761. The molecular formula is C25H21N3O5S2. The van der Waals surface area contributed by atoms with E-state index in [4.69, 9.17) is 4.42 Å². The van der Waals surface area contributed by atoms with Crippen molar-refractivity contribution in [3.63, 3.8) is 0 Å². The third-order valence-corrected chi connectivity index (χ3v) is 8.22. The minimum Gasteiger partial charge on any atom is -0.477 e. The highest BCUT2D eigenvalue weighted by Crippen LogP contribution is 2.45. The van der Waals surface area contributed by atoms with E-state index in [-0.39, 0.29) is 18.0 Å². The molecule has 8 nitrogen and oxygen atoms in total. The fourth-order valence-electron chi connectivity index (χ4n) is 4.01. The predicted molar refractivity (Wildman–Crippen MR) is 131 cm³/mol. The maximum Gasteiger partial charge on any atom is 0.353 e. The number of nitrogens with one attached hydrogen (secondary N) is 1. The minimum atomic E-state index is -1.15. The Bertz CT molecular complexity index is 1280. The fraction of sp³-hybridized carbons (Fsp3) is 0.200. The van der Waals surface area contributed by atoms with Crippen LogP contribution in [0, 0.1) is 0 Å². The summed E-state index contributed by atoms with van der Waals surface area (Å²) >= 11 is 2.79. The zero-order valence-electron chi connectivity index (χ0n) is 18.4. The van der Waals surface area contributed by atoms with Gasteiger partial charge in [0.1, 0.15) is 23.4 Å². The van der Waals surface area contributed by atoms with Gasteiger partial charge in [0.05, 0.1) is 12.6 Å². The number of fused-ring (bicyclic) bond motifs is 1. The monoisotopic (exact) mass is 507 g/mol. The molecule has 1 fully saturated rings. The quantitative estimate of drug-likeness (QED) is 0.447. The summed E-state index contributed by atoms with van der Waals surface area (Å²) in [6.07, 6.45) is 3.86. The summed E-state index contributed by atoms with van der Waals surface area (Å²) in [5.41, 5.74) is 1.86. The molecule has 0 aliphatic carbocycles. The number of rotatable bonds is 8. The number of carboxylic acids is 1. The number of hydrogen-bond donors (Lipinski definition) is 2. The van der Waals surface area contributed by atoms with Crippen LogP contribution < -0.4 is 5.32 Å². The number of aliphatic carboxylic acids is 1. The molecule has 178 valence electrons. The van der Waals surface area contributed by atoms with Crippen LogP contribution in [0.5, 0.6) is 0 Å². The lowest BCUT2D eigenvalue weighted by Gasteiger charge is -2.49. The van der Waals surface area contributed by atoms with Crippen LogP contribution in [0.15, 0.2) is 87.0 Å². The molecule has 0 unspecified atom stereocenters. The number of thioether (sulfide) groups is 2. The van der Waals surface area contributed by atoms with E-state index < -0.39 is 23.3 Å². The van der Waals surface area contributed by atoms with Gasteiger partial charge in [-0.2, -0.15) is 0 Å². The fourth-order valence-corrected chi connectivity index (χ4v) is 6.48.